The van der Waals surface area contributed by atoms with Gasteiger partial charge in [0.15, 0.2) is 0 Å². The van der Waals surface area contributed by atoms with Crippen molar-refractivity contribution in [2.75, 3.05) is 7.11 Å². The maximum Gasteiger partial charge on any atom is 0.494 e. The summed E-state index contributed by atoms with van der Waals surface area (Å²) in [4.78, 5) is 18.2. The molecule has 0 aliphatic rings. The van der Waals surface area contributed by atoms with Gasteiger partial charge in [0.2, 0.25) is 0 Å². The van der Waals surface area contributed by atoms with Gasteiger partial charge in [-0.2, -0.15) is 0 Å². The quantitative estimate of drug-likeness (QED) is 0.743. The van der Waals surface area contributed by atoms with Crippen molar-refractivity contribution in [2.24, 2.45) is 0 Å². The average Bonchev–Trinajstić information content (AvgIpc) is 2.36. The van der Waals surface area contributed by atoms with Crippen molar-refractivity contribution in [1.29, 1.82) is 0 Å². The van der Waals surface area contributed by atoms with Gasteiger partial charge in [-0.1, -0.05) is 0 Å². The second kappa shape index (κ2) is 6.72. The third kappa shape index (κ3) is 3.29. The van der Waals surface area contributed by atoms with Gasteiger partial charge < -0.3 is 19.7 Å². The third-order valence-corrected chi connectivity index (χ3v) is 2.98. The Morgan fingerprint density at radius 3 is 2.25 bits per heavy atom. The van der Waals surface area contributed by atoms with Crippen LogP contribution in [-0.4, -0.2) is 52.2 Å². The van der Waals surface area contributed by atoms with Gasteiger partial charge in [-0.25, -0.2) is 0 Å². The van der Waals surface area contributed by atoms with Gasteiger partial charge in [-0.05, 0) is 33.8 Å². The van der Waals surface area contributed by atoms with E-state index in [1.165, 1.54) is 19.4 Å². The van der Waals surface area contributed by atoms with Crippen molar-refractivity contribution in [3.8, 4) is 5.75 Å². The van der Waals surface area contributed by atoms with Crippen LogP contribution >= 0.6 is 0 Å². The molecule has 1 heterocycles. The Balaban J connectivity index is 3.35. The molecule has 0 spiro atoms. The van der Waals surface area contributed by atoms with Crippen molar-refractivity contribution < 1.29 is 19.6 Å². The van der Waals surface area contributed by atoms with Crippen molar-refractivity contribution in [1.82, 2.24) is 9.88 Å². The Bertz CT molecular complexity index is 469. The standard InChI is InChI=1S/C13H21BN2O4/c1-8(2)16(9(3)4)13(17)12-11(14(18)19)10(20-5)6-7-15-12/h6-9,18-19H,1-5H3. The smallest absolute Gasteiger partial charge is 0.494 e. The van der Waals surface area contributed by atoms with E-state index in [0.29, 0.717) is 0 Å². The van der Waals surface area contributed by atoms with Gasteiger partial charge in [0.1, 0.15) is 11.4 Å². The number of carbonyl (C=O) groups excluding carboxylic acids is 1. The fourth-order valence-electron chi connectivity index (χ4n) is 2.24. The molecule has 0 radical (unpaired) electrons. The van der Waals surface area contributed by atoms with Crippen LogP contribution in [0, 0.1) is 0 Å². The molecule has 1 amide bonds. The number of ether oxygens (including phenoxy) is 1. The number of rotatable bonds is 5. The van der Waals surface area contributed by atoms with Crippen molar-refractivity contribution in [3.05, 3.63) is 18.0 Å². The van der Waals surface area contributed by atoms with Crippen LogP contribution in [-0.2, 0) is 0 Å². The average molecular weight is 280 g/mol. The number of amides is 1. The topological polar surface area (TPSA) is 82.9 Å². The Labute approximate surface area is 119 Å². The Morgan fingerprint density at radius 1 is 1.30 bits per heavy atom. The second-order valence-electron chi connectivity index (χ2n) is 5.05. The molecular weight excluding hydrogens is 259 g/mol. The molecule has 0 bridgehead atoms. The summed E-state index contributed by atoms with van der Waals surface area (Å²) < 4.78 is 5.07. The molecule has 0 atom stereocenters. The van der Waals surface area contributed by atoms with Crippen LogP contribution in [0.15, 0.2) is 12.3 Å². The summed E-state index contributed by atoms with van der Waals surface area (Å²) in [5.41, 5.74) is -0.00644. The molecule has 110 valence electrons. The third-order valence-electron chi connectivity index (χ3n) is 2.98. The van der Waals surface area contributed by atoms with E-state index in [4.69, 9.17) is 4.74 Å². The summed E-state index contributed by atoms with van der Waals surface area (Å²) in [5.74, 6) is -0.122. The molecule has 0 fully saturated rings. The lowest BCUT2D eigenvalue weighted by Gasteiger charge is -2.31. The second-order valence-corrected chi connectivity index (χ2v) is 5.05. The highest BCUT2D eigenvalue weighted by molar-refractivity contribution is 6.61. The van der Waals surface area contributed by atoms with E-state index in [9.17, 15) is 14.8 Å². The summed E-state index contributed by atoms with van der Waals surface area (Å²) in [6.45, 7) is 7.58. The van der Waals surface area contributed by atoms with Crippen LogP contribution in [0.5, 0.6) is 5.75 Å². The summed E-state index contributed by atoms with van der Waals surface area (Å²) in [7, 11) is -0.420. The highest BCUT2D eigenvalue weighted by Crippen LogP contribution is 2.14. The molecule has 0 saturated carbocycles. The Morgan fingerprint density at radius 2 is 1.85 bits per heavy atom. The van der Waals surface area contributed by atoms with E-state index < -0.39 is 7.12 Å². The summed E-state index contributed by atoms with van der Waals surface area (Å²) >= 11 is 0. The van der Waals surface area contributed by atoms with Gasteiger partial charge in [0, 0.05) is 18.3 Å². The molecule has 0 aliphatic carbocycles. The lowest BCUT2D eigenvalue weighted by atomic mass is 9.77. The first-order valence-electron chi connectivity index (χ1n) is 6.52. The predicted molar refractivity (Wildman–Crippen MR) is 77.1 cm³/mol. The van der Waals surface area contributed by atoms with Crippen LogP contribution in [0.25, 0.3) is 0 Å². The molecule has 1 rings (SSSR count). The molecule has 7 heteroatoms. The van der Waals surface area contributed by atoms with E-state index >= 15 is 0 Å². The van der Waals surface area contributed by atoms with E-state index in [-0.39, 0.29) is 34.9 Å². The zero-order chi connectivity index (χ0) is 15.4. The molecule has 0 unspecified atom stereocenters. The Kier molecular flexibility index (Phi) is 5.53. The predicted octanol–water partition coefficient (Wildman–Crippen LogP) is 0.0290. The first-order valence-corrected chi connectivity index (χ1v) is 6.52. The van der Waals surface area contributed by atoms with Crippen LogP contribution in [0.3, 0.4) is 0 Å². The highest BCUT2D eigenvalue weighted by atomic mass is 16.5. The molecule has 6 nitrogen and oxygen atoms in total. The minimum absolute atomic E-state index is 0.00162. The Hall–Kier alpha value is -1.60. The SMILES string of the molecule is COc1ccnc(C(=O)N(C(C)C)C(C)C)c1B(O)O. The molecule has 2 N–H and O–H groups in total. The van der Waals surface area contributed by atoms with E-state index in [2.05, 4.69) is 4.98 Å². The molecule has 0 aromatic carbocycles. The number of carbonyl (C=O) groups is 1. The largest absolute Gasteiger partial charge is 0.497 e. The number of hydrogen-bond acceptors (Lipinski definition) is 5. The lowest BCUT2D eigenvalue weighted by Crippen LogP contribution is -2.46. The van der Waals surface area contributed by atoms with Gasteiger partial charge in [-0.15, -0.1) is 0 Å². The summed E-state index contributed by atoms with van der Waals surface area (Å²) in [6.07, 6.45) is 1.41. The number of pyridine rings is 1. The van der Waals surface area contributed by atoms with Crippen LogP contribution in [0.2, 0.25) is 0 Å². The minimum atomic E-state index is -1.82. The highest BCUT2D eigenvalue weighted by Gasteiger charge is 2.31. The molecule has 0 saturated heterocycles. The van der Waals surface area contributed by atoms with Crippen LogP contribution in [0.4, 0.5) is 0 Å². The van der Waals surface area contributed by atoms with E-state index in [0.717, 1.165) is 0 Å². The van der Waals surface area contributed by atoms with Gasteiger partial charge in [0.05, 0.1) is 12.6 Å². The van der Waals surface area contributed by atoms with Crippen molar-refractivity contribution in [2.45, 2.75) is 39.8 Å². The molecule has 1 aromatic rings. The summed E-state index contributed by atoms with van der Waals surface area (Å²) in [5, 5.41) is 19.0. The maximum atomic E-state index is 12.6. The van der Waals surface area contributed by atoms with Gasteiger partial charge in [0.25, 0.3) is 5.91 Å². The fourth-order valence-corrected chi connectivity index (χ4v) is 2.24. The monoisotopic (exact) mass is 280 g/mol. The molecule has 0 aliphatic heterocycles. The van der Waals surface area contributed by atoms with Gasteiger partial charge in [-0.3, -0.25) is 9.78 Å². The fraction of sp³-hybridized carbons (Fsp3) is 0.538. The minimum Gasteiger partial charge on any atom is -0.497 e. The molecule has 1 aromatic heterocycles. The van der Waals surface area contributed by atoms with Crippen molar-refractivity contribution >= 4 is 18.5 Å². The zero-order valence-electron chi connectivity index (χ0n) is 12.5. The first-order chi connectivity index (χ1) is 9.31. The lowest BCUT2D eigenvalue weighted by molar-refractivity contribution is 0.0638. The normalized spacial score (nSPS) is 10.8. The van der Waals surface area contributed by atoms with Crippen LogP contribution in [0.1, 0.15) is 38.2 Å². The zero-order valence-corrected chi connectivity index (χ0v) is 12.5. The van der Waals surface area contributed by atoms with Crippen molar-refractivity contribution in [3.63, 3.8) is 0 Å². The number of methoxy groups -OCH3 is 1. The molecular formula is C13H21BN2O4. The van der Waals surface area contributed by atoms with Gasteiger partial charge >= 0.3 is 7.12 Å². The number of nitrogens with zero attached hydrogens (tertiary/aromatic N) is 2. The number of aromatic nitrogens is 1. The number of hydrogen-bond donors (Lipinski definition) is 2. The summed E-state index contributed by atoms with van der Waals surface area (Å²) in [6, 6.07) is 1.43. The molecule has 20 heavy (non-hydrogen) atoms. The van der Waals surface area contributed by atoms with E-state index in [1.807, 2.05) is 27.7 Å². The van der Waals surface area contributed by atoms with Crippen LogP contribution < -0.4 is 10.2 Å². The first kappa shape index (κ1) is 16.5. The maximum absolute atomic E-state index is 12.6. The van der Waals surface area contributed by atoms with E-state index in [1.54, 1.807) is 4.90 Å².